The number of carbonyl (C=O) groups excluding carboxylic acids is 1. The highest BCUT2D eigenvalue weighted by molar-refractivity contribution is 7.80. The Morgan fingerprint density at radius 3 is 2.90 bits per heavy atom. The summed E-state index contributed by atoms with van der Waals surface area (Å²) >= 11 is 5.16. The monoisotopic (exact) mass is 319 g/mol. The number of carbonyl (C=O) groups is 1. The Hall–Kier alpha value is -1.97. The summed E-state index contributed by atoms with van der Waals surface area (Å²) in [5.74, 6) is 0.201. The highest BCUT2D eigenvalue weighted by Crippen LogP contribution is 2.19. The molecule has 6 nitrogen and oxygen atoms in total. The smallest absolute Gasteiger partial charge is 0.381 e. The minimum absolute atomic E-state index is 0.207. The number of hydrogen-bond acceptors (Lipinski definition) is 5. The molecular formula is C11H12F3N5OS. The molecule has 0 aliphatic carbocycles. The molecule has 0 unspecified atom stereocenters. The number of nitrogens with zero attached hydrogens (tertiary/aromatic N) is 3. The van der Waals surface area contributed by atoms with Crippen LogP contribution < -0.4 is 10.6 Å². The van der Waals surface area contributed by atoms with Gasteiger partial charge in [0.2, 0.25) is 5.91 Å². The van der Waals surface area contributed by atoms with E-state index in [2.05, 4.69) is 15.5 Å². The van der Waals surface area contributed by atoms with Gasteiger partial charge in [0.1, 0.15) is 17.4 Å². The molecular weight excluding hydrogens is 307 g/mol. The zero-order chi connectivity index (χ0) is 15.6. The number of rotatable bonds is 3. The molecule has 1 aliphatic heterocycles. The van der Waals surface area contributed by atoms with Crippen molar-refractivity contribution in [3.8, 4) is 0 Å². The van der Waals surface area contributed by atoms with Crippen LogP contribution in [-0.4, -0.2) is 38.4 Å². The molecule has 0 fully saturated rings. The van der Waals surface area contributed by atoms with E-state index in [1.165, 1.54) is 6.20 Å². The molecule has 1 aromatic rings. The first kappa shape index (κ1) is 15.4. The van der Waals surface area contributed by atoms with Crippen molar-refractivity contribution in [3.05, 3.63) is 23.9 Å². The fourth-order valence-electron chi connectivity index (χ4n) is 1.87. The van der Waals surface area contributed by atoms with Crippen LogP contribution in [0.2, 0.25) is 0 Å². The van der Waals surface area contributed by atoms with Crippen molar-refractivity contribution in [3.63, 3.8) is 0 Å². The Bertz CT molecular complexity index is 595. The van der Waals surface area contributed by atoms with Gasteiger partial charge in [0.05, 0.1) is 12.5 Å². The normalized spacial score (nSPS) is 17.9. The first-order valence-electron chi connectivity index (χ1n) is 6.00. The molecule has 0 radical (unpaired) electrons. The van der Waals surface area contributed by atoms with Gasteiger partial charge in [-0.15, -0.1) is 10.2 Å². The van der Waals surface area contributed by atoms with Crippen LogP contribution in [0.25, 0.3) is 0 Å². The lowest BCUT2D eigenvalue weighted by molar-refractivity contribution is -0.138. The van der Waals surface area contributed by atoms with Crippen LogP contribution in [-0.2, 0) is 4.79 Å². The summed E-state index contributed by atoms with van der Waals surface area (Å²) in [5, 5.41) is 12.5. The third-order valence-electron chi connectivity index (χ3n) is 2.78. The number of thiocarbonyl (C=S) groups is 1. The molecule has 1 aliphatic rings. The van der Waals surface area contributed by atoms with Gasteiger partial charge in [-0.1, -0.05) is 12.2 Å². The minimum atomic E-state index is -4.44. The summed E-state index contributed by atoms with van der Waals surface area (Å²) < 4.78 is 37.8. The van der Waals surface area contributed by atoms with Crippen LogP contribution >= 0.6 is 12.2 Å². The van der Waals surface area contributed by atoms with Crippen LogP contribution in [0.5, 0.6) is 0 Å². The predicted molar refractivity (Wildman–Crippen MR) is 71.5 cm³/mol. The van der Waals surface area contributed by atoms with Crippen molar-refractivity contribution in [1.29, 1.82) is 0 Å². The Morgan fingerprint density at radius 1 is 1.52 bits per heavy atom. The van der Waals surface area contributed by atoms with Crippen molar-refractivity contribution in [2.75, 3.05) is 6.54 Å². The Kier molecular flexibility index (Phi) is 4.26. The van der Waals surface area contributed by atoms with Gasteiger partial charge < -0.3 is 10.6 Å². The van der Waals surface area contributed by atoms with Crippen LogP contribution in [0.4, 0.5) is 13.2 Å². The van der Waals surface area contributed by atoms with Gasteiger partial charge in [-0.2, -0.15) is 13.2 Å². The molecule has 2 rings (SSSR count). The van der Waals surface area contributed by atoms with Gasteiger partial charge in [-0.3, -0.25) is 9.36 Å². The lowest BCUT2D eigenvalue weighted by atomic mass is 10.2. The Labute approximate surface area is 123 Å². The number of nitrogens with one attached hydrogen (secondary N) is 2. The number of halogens is 3. The summed E-state index contributed by atoms with van der Waals surface area (Å²) in [4.78, 5) is 12.0. The van der Waals surface area contributed by atoms with Crippen molar-refractivity contribution in [2.24, 2.45) is 0 Å². The zero-order valence-corrected chi connectivity index (χ0v) is 11.8. The minimum Gasteiger partial charge on any atom is -0.381 e. The van der Waals surface area contributed by atoms with Gasteiger partial charge in [-0.05, 0) is 19.2 Å². The molecule has 0 saturated heterocycles. The maximum absolute atomic E-state index is 12.1. The number of aryl methyl sites for hydroxylation is 1. The molecule has 0 spiro atoms. The van der Waals surface area contributed by atoms with Crippen molar-refractivity contribution in [2.45, 2.75) is 25.6 Å². The molecule has 1 atom stereocenters. The summed E-state index contributed by atoms with van der Waals surface area (Å²) in [7, 11) is 0. The predicted octanol–water partition coefficient (Wildman–Crippen LogP) is 0.989. The summed E-state index contributed by atoms with van der Waals surface area (Å²) in [5.41, 5.74) is 0. The fourth-order valence-corrected chi connectivity index (χ4v) is 2.16. The highest BCUT2D eigenvalue weighted by Gasteiger charge is 2.29. The van der Waals surface area contributed by atoms with Gasteiger partial charge in [0.15, 0.2) is 5.82 Å². The van der Waals surface area contributed by atoms with Crippen LogP contribution in [0.15, 0.2) is 12.3 Å². The van der Waals surface area contributed by atoms with E-state index in [-0.39, 0.29) is 6.42 Å². The Morgan fingerprint density at radius 2 is 2.24 bits per heavy atom. The number of allylic oxidation sites excluding steroid dienone is 1. The SMILES string of the molecule is Cc1nnc2n1C(=S)C=CN[C@H]2CC(=O)NCC(F)(F)F. The van der Waals surface area contributed by atoms with E-state index in [1.807, 2.05) is 5.32 Å². The standard InChI is InChI=1S/C11H12F3N5OS/c1-6-17-18-10-7(15-3-2-9(21)19(6)10)4-8(20)16-5-11(12,13)14/h2-3,7,15H,4-5H2,1H3,(H,16,20)/t7-/m0/s1. The third kappa shape index (κ3) is 3.78. The van der Waals surface area contributed by atoms with Crippen molar-refractivity contribution >= 4 is 23.1 Å². The second kappa shape index (κ2) is 5.80. The maximum atomic E-state index is 12.1. The largest absolute Gasteiger partial charge is 0.405 e. The number of alkyl halides is 3. The number of amides is 1. The third-order valence-corrected chi connectivity index (χ3v) is 3.10. The molecule has 0 bridgehead atoms. The van der Waals surface area contributed by atoms with Gasteiger partial charge >= 0.3 is 6.18 Å². The van der Waals surface area contributed by atoms with E-state index in [9.17, 15) is 18.0 Å². The number of fused-ring (bicyclic) bond motifs is 1. The number of aromatic nitrogens is 3. The van der Waals surface area contributed by atoms with Crippen LogP contribution in [0.1, 0.15) is 24.1 Å². The summed E-state index contributed by atoms with van der Waals surface area (Å²) in [6.07, 6.45) is -1.51. The van der Waals surface area contributed by atoms with E-state index < -0.39 is 24.7 Å². The van der Waals surface area contributed by atoms with Crippen LogP contribution in [0.3, 0.4) is 0 Å². The van der Waals surface area contributed by atoms with E-state index in [4.69, 9.17) is 12.2 Å². The van der Waals surface area contributed by atoms with Gasteiger partial charge in [0, 0.05) is 0 Å². The van der Waals surface area contributed by atoms with E-state index in [0.29, 0.717) is 16.6 Å². The molecule has 10 heteroatoms. The lowest BCUT2D eigenvalue weighted by Crippen LogP contribution is -2.36. The topological polar surface area (TPSA) is 71.8 Å². The second-order valence-corrected chi connectivity index (χ2v) is 4.85. The average molecular weight is 319 g/mol. The Balaban J connectivity index is 2.10. The molecule has 2 N–H and O–H groups in total. The van der Waals surface area contributed by atoms with E-state index in [0.717, 1.165) is 0 Å². The zero-order valence-electron chi connectivity index (χ0n) is 10.9. The molecule has 21 heavy (non-hydrogen) atoms. The average Bonchev–Trinajstić information content (AvgIpc) is 2.68. The second-order valence-electron chi connectivity index (χ2n) is 4.43. The number of hydrogen-bond donors (Lipinski definition) is 2. The van der Waals surface area contributed by atoms with Gasteiger partial charge in [-0.25, -0.2) is 0 Å². The fraction of sp³-hybridized carbons (Fsp3) is 0.455. The van der Waals surface area contributed by atoms with E-state index in [1.54, 1.807) is 17.6 Å². The molecule has 2 heterocycles. The molecule has 114 valence electrons. The van der Waals surface area contributed by atoms with Crippen LogP contribution in [0, 0.1) is 6.92 Å². The molecule has 0 saturated carbocycles. The summed E-state index contributed by atoms with van der Waals surface area (Å²) in [6, 6.07) is -0.601. The van der Waals surface area contributed by atoms with E-state index >= 15 is 0 Å². The van der Waals surface area contributed by atoms with Crippen molar-refractivity contribution < 1.29 is 18.0 Å². The highest BCUT2D eigenvalue weighted by atomic mass is 32.1. The summed E-state index contributed by atoms with van der Waals surface area (Å²) in [6.45, 7) is 0.335. The lowest BCUT2D eigenvalue weighted by Gasteiger charge is -2.16. The molecule has 1 aromatic heterocycles. The maximum Gasteiger partial charge on any atom is 0.405 e. The van der Waals surface area contributed by atoms with Gasteiger partial charge in [0.25, 0.3) is 0 Å². The molecule has 0 aromatic carbocycles. The first-order chi connectivity index (χ1) is 9.78. The first-order valence-corrected chi connectivity index (χ1v) is 6.41. The quantitative estimate of drug-likeness (QED) is 0.813. The van der Waals surface area contributed by atoms with Crippen molar-refractivity contribution in [1.82, 2.24) is 25.4 Å². The molecule has 1 amide bonds.